The predicted molar refractivity (Wildman–Crippen MR) is 148 cm³/mol. The summed E-state index contributed by atoms with van der Waals surface area (Å²) in [6.45, 7) is 0. The summed E-state index contributed by atoms with van der Waals surface area (Å²) < 4.78 is 0. The maximum Gasteiger partial charge on any atom is 4.00 e. The molecule has 3 aliphatic rings. The summed E-state index contributed by atoms with van der Waals surface area (Å²) in [6.07, 6.45) is 13.6. The topological polar surface area (TPSA) is 120 Å². The zero-order valence-corrected chi connectivity index (χ0v) is 24.4. The minimum absolute atomic E-state index is 0. The van der Waals surface area contributed by atoms with Crippen LogP contribution < -0.4 is 15.3 Å². The van der Waals surface area contributed by atoms with Gasteiger partial charge in [-0.25, -0.2) is 12.0 Å². The zero-order chi connectivity index (χ0) is 28.7. The van der Waals surface area contributed by atoms with Crippen LogP contribution in [0.3, 0.4) is 0 Å². The van der Waals surface area contributed by atoms with Crippen LogP contribution in [0.25, 0.3) is 0 Å². The average molecular weight is 584 g/mol. The monoisotopic (exact) mass is 584 g/mol. The van der Waals surface area contributed by atoms with Gasteiger partial charge in [-0.05, 0) is 42.4 Å². The second kappa shape index (κ2) is 17.7. The van der Waals surface area contributed by atoms with Crippen LogP contribution in [-0.4, -0.2) is 17.9 Å². The van der Waals surface area contributed by atoms with Gasteiger partial charge in [-0.15, -0.1) is 12.0 Å². The minimum Gasteiger partial charge on any atom is -0.545 e. The van der Waals surface area contributed by atoms with Crippen molar-refractivity contribution in [3.8, 4) is 0 Å². The Morgan fingerprint density at radius 1 is 0.537 bits per heavy atom. The molecule has 208 valence electrons. The summed E-state index contributed by atoms with van der Waals surface area (Å²) in [5.74, 6) is -3.39. The number of hydrogen-bond acceptors (Lipinski definition) is 6. The first-order valence-electron chi connectivity index (χ1n) is 13.4. The third-order valence-electron chi connectivity index (χ3n) is 6.79. The fourth-order valence-corrected chi connectivity index (χ4v) is 4.84. The molecule has 6 rings (SSSR count). The van der Waals surface area contributed by atoms with Crippen molar-refractivity contribution >= 4 is 17.9 Å². The largest absolute Gasteiger partial charge is 4.00 e. The van der Waals surface area contributed by atoms with Crippen LogP contribution in [-0.2, 0) is 21.7 Å². The smallest absolute Gasteiger partial charge is 0.545 e. The van der Waals surface area contributed by atoms with Crippen LogP contribution >= 0.6 is 0 Å². The Hall–Kier alpha value is -3.87. The van der Waals surface area contributed by atoms with Crippen molar-refractivity contribution in [2.45, 2.75) is 51.4 Å². The number of aromatic carboxylic acids is 3. The van der Waals surface area contributed by atoms with E-state index in [-0.39, 0.29) is 38.4 Å². The number of carboxylic acids is 3. The molecule has 0 spiro atoms. The van der Waals surface area contributed by atoms with Crippen LogP contribution in [0, 0.1) is 6.42 Å². The number of carbonyl (C=O) groups is 3. The number of carbonyl (C=O) groups excluding carboxylic acids is 3. The van der Waals surface area contributed by atoms with E-state index in [1.807, 2.05) is 0 Å². The number of fused-ring (bicyclic) bond motifs is 1. The van der Waals surface area contributed by atoms with Crippen LogP contribution in [0.2, 0.25) is 0 Å². The summed E-state index contributed by atoms with van der Waals surface area (Å²) in [6, 6.07) is 24.2. The zero-order valence-electron chi connectivity index (χ0n) is 22.8. The second-order valence-corrected chi connectivity index (χ2v) is 9.53. The number of carboxylic acid groups (broad SMARTS) is 3. The maximum absolute atomic E-state index is 10.1. The molecule has 0 radical (unpaired) electrons. The molecule has 0 fully saturated rings. The standard InChI is InChI=1S/C13H17.3C7H6O2.Ti/c1-3-7-12-10(5-1)9-11-6-2-4-8-13(11)12;3*8-7(9)6-4-2-1-3-5-6;/h5H,1-4,6-9H2;3*1-5H,(H,8,9);/q-1;;;;+4/p-3. The fourth-order valence-electron chi connectivity index (χ4n) is 4.84. The van der Waals surface area contributed by atoms with Gasteiger partial charge < -0.3 is 29.7 Å². The molecular weight excluding hydrogens is 552 g/mol. The van der Waals surface area contributed by atoms with Crippen molar-refractivity contribution < 1.29 is 51.4 Å². The van der Waals surface area contributed by atoms with E-state index < -0.39 is 17.9 Å². The summed E-state index contributed by atoms with van der Waals surface area (Å²) in [5, 5.41) is 30.3. The average Bonchev–Trinajstić information content (AvgIpc) is 3.38. The first kappa shape index (κ1) is 33.3. The molecule has 0 heterocycles. The Morgan fingerprint density at radius 3 is 1.32 bits per heavy atom. The molecular formula is C34H32O6Ti. The predicted octanol–water partition coefficient (Wildman–Crippen LogP) is 4.09. The van der Waals surface area contributed by atoms with Gasteiger partial charge in [0, 0.05) is 0 Å². The molecule has 3 aromatic rings. The van der Waals surface area contributed by atoms with E-state index in [0.29, 0.717) is 0 Å². The van der Waals surface area contributed by atoms with Crippen molar-refractivity contribution in [2.75, 3.05) is 0 Å². The molecule has 3 aliphatic carbocycles. The van der Waals surface area contributed by atoms with Crippen molar-refractivity contribution in [3.63, 3.8) is 0 Å². The molecule has 0 saturated carbocycles. The molecule has 0 atom stereocenters. The second-order valence-electron chi connectivity index (χ2n) is 9.53. The summed E-state index contributed by atoms with van der Waals surface area (Å²) in [4.78, 5) is 30.3. The van der Waals surface area contributed by atoms with Gasteiger partial charge in [0.2, 0.25) is 0 Å². The molecule has 7 heteroatoms. The van der Waals surface area contributed by atoms with Crippen LogP contribution in [0.15, 0.2) is 113 Å². The number of benzene rings is 3. The Balaban J connectivity index is 0.000000193. The molecule has 0 amide bonds. The van der Waals surface area contributed by atoms with Gasteiger partial charge in [0.05, 0.1) is 17.9 Å². The third-order valence-corrected chi connectivity index (χ3v) is 6.79. The molecule has 3 aromatic carbocycles. The normalized spacial score (nSPS) is 14.4. The van der Waals surface area contributed by atoms with Crippen LogP contribution in [0.5, 0.6) is 0 Å². The quantitative estimate of drug-likeness (QED) is 0.338. The van der Waals surface area contributed by atoms with Gasteiger partial charge in [-0.3, -0.25) is 0 Å². The van der Waals surface area contributed by atoms with Crippen LogP contribution in [0.1, 0.15) is 82.4 Å². The van der Waals surface area contributed by atoms with Gasteiger partial charge in [0.15, 0.2) is 0 Å². The Kier molecular flexibility index (Phi) is 14.4. The van der Waals surface area contributed by atoms with E-state index in [4.69, 9.17) is 0 Å². The Labute approximate surface area is 256 Å². The molecule has 0 unspecified atom stereocenters. The third kappa shape index (κ3) is 10.9. The van der Waals surface area contributed by atoms with Gasteiger partial charge in [0.25, 0.3) is 0 Å². The van der Waals surface area contributed by atoms with E-state index in [1.54, 1.807) is 76.9 Å². The summed E-state index contributed by atoms with van der Waals surface area (Å²) in [7, 11) is 0. The SMILES string of the molecule is O=C([O-])c1ccccc1.O=C([O-])c1ccccc1.O=C([O-])c1ccccc1.[CH-]1CCCC2=C1CC1=C2CCCC1.[Ti+4]. The Morgan fingerprint density at radius 2 is 0.927 bits per heavy atom. The van der Waals surface area contributed by atoms with Crippen LogP contribution in [0.4, 0.5) is 0 Å². The van der Waals surface area contributed by atoms with Crippen molar-refractivity contribution in [3.05, 3.63) is 136 Å². The number of hydrogen-bond donors (Lipinski definition) is 0. The molecule has 41 heavy (non-hydrogen) atoms. The first-order valence-corrected chi connectivity index (χ1v) is 13.4. The van der Waals surface area contributed by atoms with Gasteiger partial charge in [-0.2, -0.15) is 5.57 Å². The van der Waals surface area contributed by atoms with Gasteiger partial charge >= 0.3 is 21.7 Å². The Bertz CT molecular complexity index is 1180. The minimum atomic E-state index is -1.13. The van der Waals surface area contributed by atoms with Gasteiger partial charge in [0.1, 0.15) is 0 Å². The van der Waals surface area contributed by atoms with E-state index in [1.165, 1.54) is 87.8 Å². The molecule has 0 aliphatic heterocycles. The molecule has 0 saturated heterocycles. The maximum atomic E-state index is 10.1. The molecule has 0 aromatic heterocycles. The van der Waals surface area contributed by atoms with E-state index >= 15 is 0 Å². The summed E-state index contributed by atoms with van der Waals surface area (Å²) >= 11 is 0. The number of rotatable bonds is 3. The first-order chi connectivity index (χ1) is 19.4. The van der Waals surface area contributed by atoms with Crippen molar-refractivity contribution in [2.24, 2.45) is 0 Å². The molecule has 0 N–H and O–H groups in total. The molecule has 0 bridgehead atoms. The van der Waals surface area contributed by atoms with E-state index in [2.05, 4.69) is 6.42 Å². The van der Waals surface area contributed by atoms with E-state index in [9.17, 15) is 29.7 Å². The van der Waals surface area contributed by atoms with Gasteiger partial charge in [-0.1, -0.05) is 116 Å². The van der Waals surface area contributed by atoms with Crippen molar-refractivity contribution in [1.29, 1.82) is 0 Å². The summed E-state index contributed by atoms with van der Waals surface area (Å²) in [5.41, 5.74) is 7.72. The van der Waals surface area contributed by atoms with Crippen molar-refractivity contribution in [1.82, 2.24) is 0 Å². The fraction of sp³-hybridized carbons (Fsp3) is 0.235. The number of allylic oxidation sites excluding steroid dienone is 4. The molecule has 6 nitrogen and oxygen atoms in total. The van der Waals surface area contributed by atoms with E-state index in [0.717, 1.165) is 0 Å².